The molecule has 1 amide bonds. The van der Waals surface area contributed by atoms with Crippen LogP contribution in [0, 0.1) is 5.82 Å². The molecule has 9 heteroatoms. The largest absolute Gasteiger partial charge is 0.420 e. The molecular weight excluding hydrogens is 387 g/mol. The van der Waals surface area contributed by atoms with E-state index in [1.54, 1.807) is 48.1 Å². The minimum absolute atomic E-state index is 0.259. The zero-order valence-corrected chi connectivity index (χ0v) is 15.4. The van der Waals surface area contributed by atoms with Crippen molar-refractivity contribution < 1.29 is 13.6 Å². The predicted molar refractivity (Wildman–Crippen MR) is 103 cm³/mol. The molecule has 2 aromatic carbocycles. The van der Waals surface area contributed by atoms with Crippen molar-refractivity contribution in [3.8, 4) is 11.3 Å². The number of imidazole rings is 1. The number of hydrogen-bond acceptors (Lipinski definition) is 4. The quantitative estimate of drug-likeness (QED) is 0.569. The number of nitrogens with one attached hydrogen (secondary N) is 1. The lowest BCUT2D eigenvalue weighted by Crippen LogP contribution is -2.25. The van der Waals surface area contributed by atoms with Crippen LogP contribution in [0.5, 0.6) is 0 Å². The highest BCUT2D eigenvalue weighted by Gasteiger charge is 2.16. The smallest absolute Gasteiger partial charge is 0.408 e. The van der Waals surface area contributed by atoms with Gasteiger partial charge in [0.2, 0.25) is 11.9 Å². The molecule has 0 radical (unpaired) electrons. The van der Waals surface area contributed by atoms with Gasteiger partial charge in [-0.2, -0.15) is 0 Å². The first kappa shape index (κ1) is 18.0. The highest BCUT2D eigenvalue weighted by Crippen LogP contribution is 2.22. The van der Waals surface area contributed by atoms with Crippen molar-refractivity contribution in [3.63, 3.8) is 0 Å². The topological polar surface area (TPSA) is 82.1 Å². The zero-order chi connectivity index (χ0) is 19.8. The van der Waals surface area contributed by atoms with Crippen molar-refractivity contribution in [2.24, 2.45) is 7.05 Å². The van der Waals surface area contributed by atoms with Crippen LogP contribution in [-0.2, 0) is 18.4 Å². The van der Waals surface area contributed by atoms with Gasteiger partial charge in [0.05, 0.1) is 17.4 Å². The highest BCUT2D eigenvalue weighted by atomic mass is 35.5. The standard InChI is InChI=1S/C19H14ClFN4O3/c1-24-15(11-2-5-13(21)6-3-11)9-22-18(24)23-17(26)10-25-14-8-12(20)4-7-16(14)28-19(25)27/h2-9H,10H2,1H3,(H,22,23,26). The van der Waals surface area contributed by atoms with E-state index < -0.39 is 11.7 Å². The summed E-state index contributed by atoms with van der Waals surface area (Å²) in [6.07, 6.45) is 1.57. The Morgan fingerprint density at radius 3 is 2.75 bits per heavy atom. The normalized spacial score (nSPS) is 11.1. The average Bonchev–Trinajstić information content (AvgIpc) is 3.16. The number of anilines is 1. The molecule has 0 spiro atoms. The Hall–Kier alpha value is -3.39. The molecule has 0 aliphatic carbocycles. The zero-order valence-electron chi connectivity index (χ0n) is 14.6. The minimum atomic E-state index is -0.653. The second-order valence-electron chi connectivity index (χ2n) is 6.15. The molecule has 0 aliphatic heterocycles. The molecular formula is C19H14ClFN4O3. The first-order valence-electron chi connectivity index (χ1n) is 8.29. The van der Waals surface area contributed by atoms with Crippen LogP contribution in [0.25, 0.3) is 22.4 Å². The summed E-state index contributed by atoms with van der Waals surface area (Å²) in [7, 11) is 1.72. The van der Waals surface area contributed by atoms with Crippen LogP contribution in [0.4, 0.5) is 10.3 Å². The number of aromatic nitrogens is 3. The van der Waals surface area contributed by atoms with Crippen molar-refractivity contribution in [3.05, 3.63) is 70.1 Å². The second kappa shape index (κ2) is 6.97. The van der Waals surface area contributed by atoms with E-state index in [0.29, 0.717) is 27.8 Å². The number of amides is 1. The molecule has 2 aromatic heterocycles. The molecule has 142 valence electrons. The molecule has 0 fully saturated rings. The van der Waals surface area contributed by atoms with Gasteiger partial charge in [0.1, 0.15) is 12.4 Å². The van der Waals surface area contributed by atoms with E-state index in [2.05, 4.69) is 10.3 Å². The number of carbonyl (C=O) groups excluding carboxylic acids is 1. The third-order valence-corrected chi connectivity index (χ3v) is 4.55. The first-order valence-corrected chi connectivity index (χ1v) is 8.66. The molecule has 1 N–H and O–H groups in total. The Morgan fingerprint density at radius 1 is 1.25 bits per heavy atom. The van der Waals surface area contributed by atoms with Gasteiger partial charge in [0.15, 0.2) is 5.58 Å². The summed E-state index contributed by atoms with van der Waals surface area (Å²) in [6, 6.07) is 10.7. The lowest BCUT2D eigenvalue weighted by molar-refractivity contribution is -0.116. The van der Waals surface area contributed by atoms with Crippen molar-refractivity contribution in [1.29, 1.82) is 0 Å². The molecule has 0 saturated carbocycles. The Morgan fingerprint density at radius 2 is 2.00 bits per heavy atom. The number of carbonyl (C=O) groups is 1. The van der Waals surface area contributed by atoms with Crippen LogP contribution < -0.4 is 11.1 Å². The van der Waals surface area contributed by atoms with E-state index >= 15 is 0 Å². The van der Waals surface area contributed by atoms with Gasteiger partial charge in [-0.1, -0.05) is 11.6 Å². The maximum absolute atomic E-state index is 13.1. The molecule has 7 nitrogen and oxygen atoms in total. The highest BCUT2D eigenvalue weighted by molar-refractivity contribution is 6.31. The van der Waals surface area contributed by atoms with Gasteiger partial charge in [-0.3, -0.25) is 14.7 Å². The van der Waals surface area contributed by atoms with E-state index in [1.165, 1.54) is 16.7 Å². The minimum Gasteiger partial charge on any atom is -0.408 e. The summed E-state index contributed by atoms with van der Waals surface area (Å²) in [5.41, 5.74) is 2.23. The van der Waals surface area contributed by atoms with Gasteiger partial charge in [-0.15, -0.1) is 0 Å². The Bertz CT molecular complexity index is 1240. The Labute approximate surface area is 163 Å². The fourth-order valence-electron chi connectivity index (χ4n) is 2.91. The summed E-state index contributed by atoms with van der Waals surface area (Å²) in [6.45, 7) is -0.259. The van der Waals surface area contributed by atoms with Crippen molar-refractivity contribution >= 4 is 34.6 Å². The second-order valence-corrected chi connectivity index (χ2v) is 6.58. The number of fused-ring (bicyclic) bond motifs is 1. The van der Waals surface area contributed by atoms with Crippen LogP contribution in [0.1, 0.15) is 0 Å². The van der Waals surface area contributed by atoms with Crippen molar-refractivity contribution in [2.45, 2.75) is 6.54 Å². The summed E-state index contributed by atoms with van der Waals surface area (Å²) in [5.74, 6) is -1.15. The van der Waals surface area contributed by atoms with Gasteiger partial charge in [0.25, 0.3) is 0 Å². The fourth-order valence-corrected chi connectivity index (χ4v) is 3.07. The van der Waals surface area contributed by atoms with Gasteiger partial charge in [-0.05, 0) is 42.5 Å². The van der Waals surface area contributed by atoms with Crippen LogP contribution >= 0.6 is 11.6 Å². The van der Waals surface area contributed by atoms with Crippen molar-refractivity contribution in [1.82, 2.24) is 14.1 Å². The Kier molecular flexibility index (Phi) is 4.48. The molecule has 4 aromatic rings. The number of rotatable bonds is 4. The third kappa shape index (κ3) is 3.29. The van der Waals surface area contributed by atoms with Gasteiger partial charge in [-0.25, -0.2) is 14.2 Å². The predicted octanol–water partition coefficient (Wildman–Crippen LogP) is 3.43. The molecule has 0 atom stereocenters. The van der Waals surface area contributed by atoms with E-state index in [9.17, 15) is 14.0 Å². The molecule has 2 heterocycles. The number of hydrogen-bond donors (Lipinski definition) is 1. The van der Waals surface area contributed by atoms with Crippen LogP contribution in [0.15, 0.2) is 57.9 Å². The molecule has 4 rings (SSSR count). The SMILES string of the molecule is Cn1c(-c2ccc(F)cc2)cnc1NC(=O)Cn1c(=O)oc2ccc(Cl)cc21. The summed E-state index contributed by atoms with van der Waals surface area (Å²) in [4.78, 5) is 28.7. The Balaban J connectivity index is 1.57. The van der Waals surface area contributed by atoms with E-state index in [-0.39, 0.29) is 12.4 Å². The molecule has 28 heavy (non-hydrogen) atoms. The van der Waals surface area contributed by atoms with E-state index in [0.717, 1.165) is 5.56 Å². The third-order valence-electron chi connectivity index (χ3n) is 4.31. The summed E-state index contributed by atoms with van der Waals surface area (Å²) >= 11 is 5.96. The lowest BCUT2D eigenvalue weighted by atomic mass is 10.2. The molecule has 0 saturated heterocycles. The van der Waals surface area contributed by atoms with Gasteiger partial charge < -0.3 is 8.98 Å². The van der Waals surface area contributed by atoms with Crippen molar-refractivity contribution in [2.75, 3.05) is 5.32 Å². The first-order chi connectivity index (χ1) is 13.4. The van der Waals surface area contributed by atoms with E-state index in [1.807, 2.05) is 0 Å². The van der Waals surface area contributed by atoms with Gasteiger partial charge in [0, 0.05) is 17.6 Å². The number of halogens is 2. The fraction of sp³-hybridized carbons (Fsp3) is 0.105. The maximum atomic E-state index is 13.1. The molecule has 0 unspecified atom stereocenters. The number of benzene rings is 2. The maximum Gasteiger partial charge on any atom is 0.420 e. The number of oxazole rings is 1. The van der Waals surface area contributed by atoms with Crippen LogP contribution in [0.3, 0.4) is 0 Å². The van der Waals surface area contributed by atoms with Gasteiger partial charge >= 0.3 is 5.76 Å². The van der Waals surface area contributed by atoms with Crippen LogP contribution in [0.2, 0.25) is 5.02 Å². The molecule has 0 aliphatic rings. The molecule has 0 bridgehead atoms. The van der Waals surface area contributed by atoms with E-state index in [4.69, 9.17) is 16.0 Å². The lowest BCUT2D eigenvalue weighted by Gasteiger charge is -2.08. The number of nitrogens with zero attached hydrogens (tertiary/aromatic N) is 3. The monoisotopic (exact) mass is 400 g/mol. The summed E-state index contributed by atoms with van der Waals surface area (Å²) in [5, 5.41) is 3.09. The summed E-state index contributed by atoms with van der Waals surface area (Å²) < 4.78 is 21.1. The average molecular weight is 401 g/mol. The van der Waals surface area contributed by atoms with Crippen LogP contribution in [-0.4, -0.2) is 20.0 Å².